The molecule has 5 nitrogen and oxygen atoms in total. The van der Waals surface area contributed by atoms with E-state index >= 15 is 0 Å². The second-order valence-corrected chi connectivity index (χ2v) is 7.27. The lowest BCUT2D eigenvalue weighted by molar-refractivity contribution is 0.0203. The monoisotopic (exact) mass is 339 g/mol. The normalized spacial score (nSPS) is 26.3. The fraction of sp³-hybridized carbons (Fsp3) is 0.947. The first-order valence-corrected chi connectivity index (χ1v) is 9.94. The highest BCUT2D eigenvalue weighted by atomic mass is 16.5. The van der Waals surface area contributed by atoms with Crippen LogP contribution in [0.15, 0.2) is 4.99 Å². The summed E-state index contributed by atoms with van der Waals surface area (Å²) in [5.74, 6) is 2.52. The zero-order chi connectivity index (χ0) is 17.0. The highest BCUT2D eigenvalue weighted by molar-refractivity contribution is 5.79. The standard InChI is InChI=1S/C19H37N3O2/c1-3-16-6-4-7-18(14-16)22-19(20-2)21-10-5-11-24-15-17-8-12-23-13-9-17/h16-18H,3-15H2,1-2H3,(H2,20,21,22). The van der Waals surface area contributed by atoms with Gasteiger partial charge in [-0.3, -0.25) is 4.99 Å². The first-order chi connectivity index (χ1) is 11.8. The van der Waals surface area contributed by atoms with Crippen molar-refractivity contribution in [2.24, 2.45) is 16.8 Å². The van der Waals surface area contributed by atoms with Crippen LogP contribution in [0.3, 0.4) is 0 Å². The van der Waals surface area contributed by atoms with Gasteiger partial charge in [-0.05, 0) is 43.9 Å². The predicted molar refractivity (Wildman–Crippen MR) is 99.5 cm³/mol. The molecule has 24 heavy (non-hydrogen) atoms. The van der Waals surface area contributed by atoms with Crippen LogP contribution in [0.2, 0.25) is 0 Å². The molecule has 1 saturated carbocycles. The molecule has 2 rings (SSSR count). The Hall–Kier alpha value is -0.810. The fourth-order valence-electron chi connectivity index (χ4n) is 3.72. The van der Waals surface area contributed by atoms with Crippen molar-refractivity contribution in [2.45, 2.75) is 64.3 Å². The largest absolute Gasteiger partial charge is 0.381 e. The van der Waals surface area contributed by atoms with Gasteiger partial charge in [0.05, 0.1) is 0 Å². The van der Waals surface area contributed by atoms with Gasteiger partial charge in [-0.1, -0.05) is 26.2 Å². The maximum absolute atomic E-state index is 5.81. The van der Waals surface area contributed by atoms with Crippen LogP contribution in [0.25, 0.3) is 0 Å². The first-order valence-electron chi connectivity index (χ1n) is 9.94. The van der Waals surface area contributed by atoms with Crippen LogP contribution in [-0.2, 0) is 9.47 Å². The fourth-order valence-corrected chi connectivity index (χ4v) is 3.72. The molecular formula is C19H37N3O2. The minimum Gasteiger partial charge on any atom is -0.381 e. The Morgan fingerprint density at radius 3 is 2.75 bits per heavy atom. The van der Waals surface area contributed by atoms with Crippen LogP contribution in [0.1, 0.15) is 58.3 Å². The van der Waals surface area contributed by atoms with Gasteiger partial charge in [0.25, 0.3) is 0 Å². The number of nitrogens with zero attached hydrogens (tertiary/aromatic N) is 1. The molecule has 0 amide bonds. The molecule has 0 bridgehead atoms. The number of nitrogens with one attached hydrogen (secondary N) is 2. The third-order valence-electron chi connectivity index (χ3n) is 5.38. The van der Waals surface area contributed by atoms with Gasteiger partial charge in [-0.2, -0.15) is 0 Å². The lowest BCUT2D eigenvalue weighted by Gasteiger charge is -2.30. The smallest absolute Gasteiger partial charge is 0.191 e. The van der Waals surface area contributed by atoms with Crippen molar-refractivity contribution < 1.29 is 9.47 Å². The van der Waals surface area contributed by atoms with E-state index in [0.29, 0.717) is 12.0 Å². The minimum absolute atomic E-state index is 0.583. The maximum Gasteiger partial charge on any atom is 0.191 e. The Labute approximate surface area is 148 Å². The molecular weight excluding hydrogens is 302 g/mol. The van der Waals surface area contributed by atoms with Crippen LogP contribution in [-0.4, -0.2) is 52.0 Å². The topological polar surface area (TPSA) is 54.9 Å². The molecule has 1 aliphatic carbocycles. The Bertz CT molecular complexity index is 357. The van der Waals surface area contributed by atoms with Crippen molar-refractivity contribution >= 4 is 5.96 Å². The molecule has 1 saturated heterocycles. The van der Waals surface area contributed by atoms with Crippen molar-refractivity contribution in [2.75, 3.05) is 40.0 Å². The molecule has 2 N–H and O–H groups in total. The van der Waals surface area contributed by atoms with E-state index < -0.39 is 0 Å². The van der Waals surface area contributed by atoms with Gasteiger partial charge < -0.3 is 20.1 Å². The molecule has 140 valence electrons. The molecule has 0 radical (unpaired) electrons. The average molecular weight is 340 g/mol. The number of rotatable bonds is 8. The number of guanidine groups is 1. The van der Waals surface area contributed by atoms with E-state index in [0.717, 1.165) is 64.1 Å². The molecule has 2 aliphatic rings. The van der Waals surface area contributed by atoms with E-state index in [1.807, 2.05) is 7.05 Å². The molecule has 5 heteroatoms. The van der Waals surface area contributed by atoms with Crippen molar-refractivity contribution in [3.8, 4) is 0 Å². The van der Waals surface area contributed by atoms with E-state index in [1.54, 1.807) is 0 Å². The minimum atomic E-state index is 0.583. The Balaban J connectivity index is 1.51. The highest BCUT2D eigenvalue weighted by Gasteiger charge is 2.21. The summed E-state index contributed by atoms with van der Waals surface area (Å²) >= 11 is 0. The Morgan fingerprint density at radius 1 is 1.17 bits per heavy atom. The van der Waals surface area contributed by atoms with E-state index in [-0.39, 0.29) is 0 Å². The van der Waals surface area contributed by atoms with E-state index in [4.69, 9.17) is 9.47 Å². The number of hydrogen-bond acceptors (Lipinski definition) is 3. The highest BCUT2D eigenvalue weighted by Crippen LogP contribution is 2.26. The predicted octanol–water partition coefficient (Wildman–Crippen LogP) is 2.95. The van der Waals surface area contributed by atoms with Crippen LogP contribution >= 0.6 is 0 Å². The van der Waals surface area contributed by atoms with Gasteiger partial charge in [-0.25, -0.2) is 0 Å². The van der Waals surface area contributed by atoms with Crippen molar-refractivity contribution in [3.63, 3.8) is 0 Å². The van der Waals surface area contributed by atoms with Gasteiger partial charge in [0.1, 0.15) is 0 Å². The zero-order valence-corrected chi connectivity index (χ0v) is 15.7. The Kier molecular flexibility index (Phi) is 9.51. The number of ether oxygens (including phenoxy) is 2. The van der Waals surface area contributed by atoms with Crippen molar-refractivity contribution in [1.29, 1.82) is 0 Å². The SMILES string of the molecule is CCC1CCCC(NC(=NC)NCCCOCC2CCOCC2)C1. The summed E-state index contributed by atoms with van der Waals surface area (Å²) in [5.41, 5.74) is 0. The lowest BCUT2D eigenvalue weighted by atomic mass is 9.84. The van der Waals surface area contributed by atoms with Crippen molar-refractivity contribution in [3.05, 3.63) is 0 Å². The first kappa shape index (κ1) is 19.5. The summed E-state index contributed by atoms with van der Waals surface area (Å²) < 4.78 is 11.2. The summed E-state index contributed by atoms with van der Waals surface area (Å²) in [6, 6.07) is 0.583. The van der Waals surface area contributed by atoms with Crippen LogP contribution < -0.4 is 10.6 Å². The summed E-state index contributed by atoms with van der Waals surface area (Å²) in [7, 11) is 1.86. The van der Waals surface area contributed by atoms with Gasteiger partial charge in [0, 0.05) is 46.1 Å². The summed E-state index contributed by atoms with van der Waals surface area (Å²) in [5, 5.41) is 7.02. The molecule has 0 aromatic carbocycles. The maximum atomic E-state index is 5.81. The van der Waals surface area contributed by atoms with E-state index in [9.17, 15) is 0 Å². The molecule has 1 heterocycles. The molecule has 0 aromatic rings. The summed E-state index contributed by atoms with van der Waals surface area (Å²) in [6.07, 6.45) is 9.90. The van der Waals surface area contributed by atoms with E-state index in [1.165, 1.54) is 32.1 Å². The lowest BCUT2D eigenvalue weighted by Crippen LogP contribution is -2.45. The summed E-state index contributed by atoms with van der Waals surface area (Å²) in [4.78, 5) is 4.36. The third kappa shape index (κ3) is 7.39. The third-order valence-corrected chi connectivity index (χ3v) is 5.38. The van der Waals surface area contributed by atoms with Gasteiger partial charge >= 0.3 is 0 Å². The number of aliphatic imine (C=N–C) groups is 1. The second-order valence-electron chi connectivity index (χ2n) is 7.27. The zero-order valence-electron chi connectivity index (χ0n) is 15.7. The van der Waals surface area contributed by atoms with Crippen LogP contribution in [0.4, 0.5) is 0 Å². The van der Waals surface area contributed by atoms with Gasteiger partial charge in [0.2, 0.25) is 0 Å². The quantitative estimate of drug-likeness (QED) is 0.405. The molecule has 2 atom stereocenters. The van der Waals surface area contributed by atoms with Crippen LogP contribution in [0.5, 0.6) is 0 Å². The van der Waals surface area contributed by atoms with Gasteiger partial charge in [0.15, 0.2) is 5.96 Å². The summed E-state index contributed by atoms with van der Waals surface area (Å²) in [6.45, 7) is 6.73. The van der Waals surface area contributed by atoms with E-state index in [2.05, 4.69) is 22.5 Å². The van der Waals surface area contributed by atoms with Crippen molar-refractivity contribution in [1.82, 2.24) is 10.6 Å². The molecule has 1 aliphatic heterocycles. The molecule has 0 spiro atoms. The molecule has 2 fully saturated rings. The van der Waals surface area contributed by atoms with Gasteiger partial charge in [-0.15, -0.1) is 0 Å². The van der Waals surface area contributed by atoms with Crippen LogP contribution in [0, 0.1) is 11.8 Å². The Morgan fingerprint density at radius 2 is 2.00 bits per heavy atom. The molecule has 2 unspecified atom stereocenters. The second kappa shape index (κ2) is 11.7. The number of hydrogen-bond donors (Lipinski definition) is 2. The average Bonchev–Trinajstić information content (AvgIpc) is 2.64. The molecule has 0 aromatic heterocycles.